The first kappa shape index (κ1) is 28.4. The molecule has 3 heterocycles. The molecule has 1 aliphatic heterocycles. The Morgan fingerprint density at radius 3 is 2.06 bits per heavy atom. The van der Waals surface area contributed by atoms with E-state index < -0.39 is 5.41 Å². The van der Waals surface area contributed by atoms with E-state index in [4.69, 9.17) is 14.7 Å². The average molecular weight is 640 g/mol. The average Bonchev–Trinajstić information content (AvgIpc) is 3.33. The van der Waals surface area contributed by atoms with E-state index in [0.717, 1.165) is 67.0 Å². The maximum absolute atomic E-state index is 6.89. The molecule has 1 aliphatic carbocycles. The number of pyridine rings is 1. The zero-order valence-electron chi connectivity index (χ0n) is 27.0. The van der Waals surface area contributed by atoms with Gasteiger partial charge in [-0.3, -0.25) is 4.98 Å². The van der Waals surface area contributed by atoms with Gasteiger partial charge in [0.25, 0.3) is 0 Å². The summed E-state index contributed by atoms with van der Waals surface area (Å²) in [7, 11) is 0. The van der Waals surface area contributed by atoms with Crippen LogP contribution in [0.2, 0.25) is 0 Å². The van der Waals surface area contributed by atoms with Gasteiger partial charge in [0.05, 0.1) is 16.8 Å². The molecule has 0 bridgehead atoms. The van der Waals surface area contributed by atoms with E-state index in [0.29, 0.717) is 5.82 Å². The number of benzene rings is 6. The number of hydrogen-bond acceptors (Lipinski definition) is 4. The van der Waals surface area contributed by atoms with Gasteiger partial charge in [-0.25, -0.2) is 9.97 Å². The molecule has 10 rings (SSSR count). The van der Waals surface area contributed by atoms with Gasteiger partial charge in [0.15, 0.2) is 5.82 Å². The van der Waals surface area contributed by atoms with E-state index in [1.807, 2.05) is 36.5 Å². The number of fused-ring (bicyclic) bond motifs is 10. The first-order valence-corrected chi connectivity index (χ1v) is 16.8. The number of para-hydroxylation sites is 1. The highest BCUT2D eigenvalue weighted by Crippen LogP contribution is 2.59. The van der Waals surface area contributed by atoms with Crippen molar-refractivity contribution in [1.82, 2.24) is 15.0 Å². The van der Waals surface area contributed by atoms with Gasteiger partial charge in [0.1, 0.15) is 11.5 Å². The van der Waals surface area contributed by atoms with Crippen molar-refractivity contribution >= 4 is 22.9 Å². The summed E-state index contributed by atoms with van der Waals surface area (Å²) in [5.41, 5.74) is 10.9. The van der Waals surface area contributed by atoms with E-state index in [1.54, 1.807) is 6.20 Å². The number of hydrogen-bond donors (Lipinski definition) is 0. The fraction of sp³-hybridized carbons (Fsp3) is 0.0217. The summed E-state index contributed by atoms with van der Waals surface area (Å²) >= 11 is 0. The number of rotatable bonds is 3. The van der Waals surface area contributed by atoms with Crippen LogP contribution in [-0.4, -0.2) is 15.0 Å². The first-order chi connectivity index (χ1) is 24.8. The quantitative estimate of drug-likeness (QED) is 0.193. The molecular formula is C46H29N3O. The van der Waals surface area contributed by atoms with Crippen molar-refractivity contribution in [3.8, 4) is 45.4 Å². The Labute approximate surface area is 290 Å². The van der Waals surface area contributed by atoms with Crippen molar-refractivity contribution in [2.45, 2.75) is 5.41 Å². The van der Waals surface area contributed by atoms with Crippen LogP contribution in [-0.2, 0) is 5.41 Å². The summed E-state index contributed by atoms with van der Waals surface area (Å²) in [6.07, 6.45) is 8.10. The minimum absolute atomic E-state index is 0.637. The van der Waals surface area contributed by atoms with E-state index >= 15 is 0 Å². The Kier molecular flexibility index (Phi) is 6.36. The fourth-order valence-corrected chi connectivity index (χ4v) is 7.82. The lowest BCUT2D eigenvalue weighted by Crippen LogP contribution is -2.35. The van der Waals surface area contributed by atoms with Crippen molar-refractivity contribution < 1.29 is 4.74 Å². The van der Waals surface area contributed by atoms with Crippen LogP contribution in [0.25, 0.3) is 56.8 Å². The van der Waals surface area contributed by atoms with Crippen molar-refractivity contribution in [3.63, 3.8) is 0 Å². The summed E-state index contributed by atoms with van der Waals surface area (Å²) in [6.45, 7) is 0. The Morgan fingerprint density at radius 2 is 1.20 bits per heavy atom. The Hall–Kier alpha value is -6.65. The predicted molar refractivity (Wildman–Crippen MR) is 201 cm³/mol. The molecular weight excluding hydrogens is 611 g/mol. The molecule has 2 aromatic heterocycles. The normalized spacial score (nSPS) is 15.4. The van der Waals surface area contributed by atoms with Crippen LogP contribution in [0.15, 0.2) is 164 Å². The third-order valence-electron chi connectivity index (χ3n) is 10.1. The Morgan fingerprint density at radius 1 is 0.480 bits per heavy atom. The topological polar surface area (TPSA) is 47.9 Å². The van der Waals surface area contributed by atoms with Gasteiger partial charge in [-0.1, -0.05) is 133 Å². The molecule has 2 aliphatic rings. The lowest BCUT2D eigenvalue weighted by Gasteiger charge is -2.42. The highest BCUT2D eigenvalue weighted by atomic mass is 16.5. The molecule has 0 saturated heterocycles. The number of aromatic nitrogens is 3. The van der Waals surface area contributed by atoms with Crippen LogP contribution in [0.1, 0.15) is 33.4 Å². The standard InChI is InChI=1S/C46H29N3O/c1-2-13-33(14-3-1)41-28-42(49-45(48-41)35-15-10-26-47-29-35)34-23-22-32-21-20-31-12-5-7-17-37(31)46(40(32)27-34)38-18-8-9-19-43(38)50-44-36-16-6-4-11-30(36)24-25-39(44)46/h1-29H. The molecule has 234 valence electrons. The summed E-state index contributed by atoms with van der Waals surface area (Å²) in [6, 6.07) is 53.4. The third-order valence-corrected chi connectivity index (χ3v) is 10.1. The lowest BCUT2D eigenvalue weighted by atomic mass is 9.62. The lowest BCUT2D eigenvalue weighted by molar-refractivity contribution is 0.439. The zero-order chi connectivity index (χ0) is 33.1. The highest BCUT2D eigenvalue weighted by molar-refractivity contribution is 5.94. The van der Waals surface area contributed by atoms with E-state index in [-0.39, 0.29) is 0 Å². The summed E-state index contributed by atoms with van der Waals surface area (Å²) in [4.78, 5) is 14.6. The molecule has 4 nitrogen and oxygen atoms in total. The van der Waals surface area contributed by atoms with Crippen molar-refractivity contribution in [2.75, 3.05) is 0 Å². The summed E-state index contributed by atoms with van der Waals surface area (Å²) in [5.74, 6) is 2.39. The largest absolute Gasteiger partial charge is 0.456 e. The highest BCUT2D eigenvalue weighted by Gasteiger charge is 2.48. The smallest absolute Gasteiger partial charge is 0.161 e. The SMILES string of the molecule is C1=Cc2ccc(-c3cc(-c4ccccc4)nc(-c4cccnc4)n3)cc2C2(c3ccccc31)c1ccccc1Oc1c2ccc2ccccc12. The van der Waals surface area contributed by atoms with Gasteiger partial charge in [-0.05, 0) is 58.0 Å². The molecule has 4 heteroatoms. The minimum Gasteiger partial charge on any atom is -0.456 e. The Bertz CT molecular complexity index is 2570. The van der Waals surface area contributed by atoms with Crippen molar-refractivity contribution in [2.24, 2.45) is 0 Å². The second-order valence-electron chi connectivity index (χ2n) is 12.8. The molecule has 0 N–H and O–H groups in total. The van der Waals surface area contributed by atoms with E-state index in [2.05, 4.69) is 138 Å². The number of nitrogens with zero attached hydrogens (tertiary/aromatic N) is 3. The van der Waals surface area contributed by atoms with Gasteiger partial charge in [-0.15, -0.1) is 0 Å². The molecule has 1 atom stereocenters. The van der Waals surface area contributed by atoms with Crippen LogP contribution in [0.5, 0.6) is 11.5 Å². The second-order valence-corrected chi connectivity index (χ2v) is 12.8. The van der Waals surface area contributed by atoms with Crippen molar-refractivity contribution in [3.05, 3.63) is 197 Å². The maximum atomic E-state index is 6.89. The van der Waals surface area contributed by atoms with Gasteiger partial charge in [0.2, 0.25) is 0 Å². The van der Waals surface area contributed by atoms with Crippen LogP contribution >= 0.6 is 0 Å². The fourth-order valence-electron chi connectivity index (χ4n) is 7.82. The molecule has 0 fully saturated rings. The van der Waals surface area contributed by atoms with Crippen LogP contribution in [0.3, 0.4) is 0 Å². The summed E-state index contributed by atoms with van der Waals surface area (Å²) in [5, 5.41) is 2.24. The third kappa shape index (κ3) is 4.28. The van der Waals surface area contributed by atoms with Gasteiger partial charge in [-0.2, -0.15) is 0 Å². The van der Waals surface area contributed by atoms with E-state index in [1.165, 1.54) is 16.7 Å². The zero-order valence-corrected chi connectivity index (χ0v) is 27.0. The minimum atomic E-state index is -0.679. The second kappa shape index (κ2) is 11.2. The molecule has 1 spiro atoms. The van der Waals surface area contributed by atoms with Gasteiger partial charge >= 0.3 is 0 Å². The van der Waals surface area contributed by atoms with Gasteiger partial charge in [0, 0.05) is 45.6 Å². The van der Waals surface area contributed by atoms with Crippen LogP contribution in [0, 0.1) is 0 Å². The van der Waals surface area contributed by atoms with E-state index in [9.17, 15) is 0 Å². The molecule has 0 saturated carbocycles. The molecule has 0 radical (unpaired) electrons. The monoisotopic (exact) mass is 639 g/mol. The molecule has 1 unspecified atom stereocenters. The van der Waals surface area contributed by atoms with Crippen molar-refractivity contribution in [1.29, 1.82) is 0 Å². The van der Waals surface area contributed by atoms with Gasteiger partial charge < -0.3 is 4.74 Å². The predicted octanol–water partition coefficient (Wildman–Crippen LogP) is 11.0. The molecule has 50 heavy (non-hydrogen) atoms. The molecule has 8 aromatic rings. The molecule has 0 amide bonds. The summed E-state index contributed by atoms with van der Waals surface area (Å²) < 4.78 is 6.89. The van der Waals surface area contributed by atoms with Crippen LogP contribution < -0.4 is 4.74 Å². The Balaban J connectivity index is 1.30. The first-order valence-electron chi connectivity index (χ1n) is 16.8. The molecule has 6 aromatic carbocycles. The van der Waals surface area contributed by atoms with Crippen LogP contribution in [0.4, 0.5) is 0 Å². The maximum Gasteiger partial charge on any atom is 0.161 e. The number of ether oxygens (including phenoxy) is 1.